The highest BCUT2D eigenvalue weighted by Gasteiger charge is 2.02. The highest BCUT2D eigenvalue weighted by molar-refractivity contribution is 9.10. The number of rotatable bonds is 8. The largest absolute Gasteiger partial charge is 0.492 e. The zero-order chi connectivity index (χ0) is 13.2. The number of ether oxygens (including phenoxy) is 1. The van der Waals surface area contributed by atoms with Gasteiger partial charge in [-0.25, -0.2) is 0 Å². The molecule has 2 nitrogen and oxygen atoms in total. The maximum atomic E-state index is 5.66. The monoisotopic (exact) mass is 309 g/mol. The van der Waals surface area contributed by atoms with Gasteiger partial charge in [0.1, 0.15) is 5.75 Å². The molecule has 0 bridgehead atoms. The van der Waals surface area contributed by atoms with Crippen LogP contribution in [0.25, 0.3) is 0 Å². The lowest BCUT2D eigenvalue weighted by atomic mass is 10.2. The van der Waals surface area contributed by atoms with Gasteiger partial charge in [-0.15, -0.1) is 12.3 Å². The average Bonchev–Trinajstić information content (AvgIpc) is 2.37. The van der Waals surface area contributed by atoms with Crippen molar-refractivity contribution in [3.05, 3.63) is 28.2 Å². The molecule has 1 rings (SSSR count). The van der Waals surface area contributed by atoms with Crippen molar-refractivity contribution in [3.63, 3.8) is 0 Å². The van der Waals surface area contributed by atoms with Gasteiger partial charge in [-0.05, 0) is 53.0 Å². The fourth-order valence-electron chi connectivity index (χ4n) is 1.54. The minimum absolute atomic E-state index is 0.663. The lowest BCUT2D eigenvalue weighted by Crippen LogP contribution is -2.13. The second kappa shape index (κ2) is 9.02. The smallest absolute Gasteiger partial charge is 0.133 e. The van der Waals surface area contributed by atoms with Crippen LogP contribution in [0.2, 0.25) is 0 Å². The van der Waals surface area contributed by atoms with E-state index in [4.69, 9.17) is 11.2 Å². The van der Waals surface area contributed by atoms with Gasteiger partial charge >= 0.3 is 0 Å². The minimum atomic E-state index is 0.663. The molecule has 0 atom stereocenters. The Bertz CT molecular complexity index is 398. The molecule has 98 valence electrons. The topological polar surface area (TPSA) is 21.3 Å². The number of terminal acetylenes is 1. The van der Waals surface area contributed by atoms with Gasteiger partial charge in [-0.2, -0.15) is 0 Å². The van der Waals surface area contributed by atoms with E-state index in [9.17, 15) is 0 Å². The quantitative estimate of drug-likeness (QED) is 0.583. The van der Waals surface area contributed by atoms with E-state index < -0.39 is 0 Å². The van der Waals surface area contributed by atoms with E-state index in [0.717, 1.165) is 42.6 Å². The number of hydrogen-bond donors (Lipinski definition) is 1. The Hall–Kier alpha value is -0.980. The molecule has 1 aromatic rings. The number of unbranched alkanes of at least 4 members (excludes halogenated alkanes) is 1. The fraction of sp³-hybridized carbons (Fsp3) is 0.467. The first kappa shape index (κ1) is 15.1. The van der Waals surface area contributed by atoms with Crippen molar-refractivity contribution in [3.8, 4) is 18.1 Å². The first-order valence-electron chi connectivity index (χ1n) is 6.33. The first-order valence-corrected chi connectivity index (χ1v) is 7.12. The van der Waals surface area contributed by atoms with Gasteiger partial charge < -0.3 is 10.1 Å². The highest BCUT2D eigenvalue weighted by Crippen LogP contribution is 2.26. The van der Waals surface area contributed by atoms with Gasteiger partial charge in [0, 0.05) is 13.0 Å². The van der Waals surface area contributed by atoms with E-state index in [1.807, 2.05) is 6.07 Å². The molecule has 0 aliphatic carbocycles. The molecule has 1 aromatic carbocycles. The maximum Gasteiger partial charge on any atom is 0.133 e. The Morgan fingerprint density at radius 2 is 2.28 bits per heavy atom. The van der Waals surface area contributed by atoms with Crippen LogP contribution in [0.3, 0.4) is 0 Å². The number of nitrogens with one attached hydrogen (secondary N) is 1. The molecule has 0 fully saturated rings. The van der Waals surface area contributed by atoms with E-state index in [-0.39, 0.29) is 0 Å². The summed E-state index contributed by atoms with van der Waals surface area (Å²) in [6.07, 6.45) is 8.00. The summed E-state index contributed by atoms with van der Waals surface area (Å²) >= 11 is 3.53. The molecule has 0 aromatic heterocycles. The number of benzene rings is 1. The molecule has 0 radical (unpaired) electrons. The Kier molecular flexibility index (Phi) is 7.55. The lowest BCUT2D eigenvalue weighted by molar-refractivity contribution is 0.311. The summed E-state index contributed by atoms with van der Waals surface area (Å²) in [5, 5.41) is 3.37. The van der Waals surface area contributed by atoms with Crippen LogP contribution in [0.4, 0.5) is 0 Å². The van der Waals surface area contributed by atoms with Crippen LogP contribution in [-0.4, -0.2) is 13.2 Å². The van der Waals surface area contributed by atoms with E-state index >= 15 is 0 Å². The van der Waals surface area contributed by atoms with Crippen molar-refractivity contribution in [1.29, 1.82) is 0 Å². The molecule has 18 heavy (non-hydrogen) atoms. The Morgan fingerprint density at radius 3 is 2.94 bits per heavy atom. The standard InChI is InChI=1S/C15H20BrNO/c1-3-5-6-10-18-15-8-7-13(11-14(15)16)12-17-9-4-2/h1,7-8,11,17H,4-6,9-10,12H2,2H3. The molecule has 1 N–H and O–H groups in total. The molecule has 0 saturated heterocycles. The third-order valence-electron chi connectivity index (χ3n) is 2.48. The van der Waals surface area contributed by atoms with Crippen molar-refractivity contribution in [2.45, 2.75) is 32.7 Å². The summed E-state index contributed by atoms with van der Waals surface area (Å²) in [6.45, 7) is 4.76. The summed E-state index contributed by atoms with van der Waals surface area (Å²) in [4.78, 5) is 0. The van der Waals surface area contributed by atoms with E-state index in [1.54, 1.807) is 0 Å². The molecule has 0 spiro atoms. The zero-order valence-electron chi connectivity index (χ0n) is 10.8. The van der Waals surface area contributed by atoms with Gasteiger partial charge in [0.25, 0.3) is 0 Å². The summed E-state index contributed by atoms with van der Waals surface area (Å²) in [5.41, 5.74) is 1.26. The van der Waals surface area contributed by atoms with Crippen molar-refractivity contribution >= 4 is 15.9 Å². The van der Waals surface area contributed by atoms with Crippen molar-refractivity contribution in [1.82, 2.24) is 5.32 Å². The summed E-state index contributed by atoms with van der Waals surface area (Å²) in [5.74, 6) is 3.49. The maximum absolute atomic E-state index is 5.66. The number of hydrogen-bond acceptors (Lipinski definition) is 2. The van der Waals surface area contributed by atoms with Gasteiger partial charge in [0.05, 0.1) is 11.1 Å². The molecule has 0 aliphatic rings. The molecule has 0 unspecified atom stereocenters. The van der Waals surface area contributed by atoms with Gasteiger partial charge in [-0.1, -0.05) is 13.0 Å². The van der Waals surface area contributed by atoms with Gasteiger partial charge in [0.15, 0.2) is 0 Å². The second-order valence-corrected chi connectivity index (χ2v) is 4.95. The Balaban J connectivity index is 2.44. The van der Waals surface area contributed by atoms with Crippen LogP contribution >= 0.6 is 15.9 Å². The molecule has 0 aliphatic heterocycles. The van der Waals surface area contributed by atoms with Crippen molar-refractivity contribution in [2.24, 2.45) is 0 Å². The van der Waals surface area contributed by atoms with E-state index in [1.165, 1.54) is 5.56 Å². The minimum Gasteiger partial charge on any atom is -0.492 e. The third kappa shape index (κ3) is 5.57. The van der Waals surface area contributed by atoms with Crippen LogP contribution < -0.4 is 10.1 Å². The van der Waals surface area contributed by atoms with Crippen LogP contribution in [-0.2, 0) is 6.54 Å². The molecule has 0 saturated carbocycles. The van der Waals surface area contributed by atoms with Gasteiger partial charge in [-0.3, -0.25) is 0 Å². The predicted octanol–water partition coefficient (Wildman–Crippen LogP) is 3.74. The second-order valence-electron chi connectivity index (χ2n) is 4.10. The van der Waals surface area contributed by atoms with E-state index in [2.05, 4.69) is 46.2 Å². The van der Waals surface area contributed by atoms with E-state index in [0.29, 0.717) is 6.61 Å². The summed E-state index contributed by atoms with van der Waals surface area (Å²) in [6, 6.07) is 6.19. The van der Waals surface area contributed by atoms with Crippen molar-refractivity contribution < 1.29 is 4.74 Å². The average molecular weight is 310 g/mol. The molecule has 3 heteroatoms. The molecular weight excluding hydrogens is 290 g/mol. The third-order valence-corrected chi connectivity index (χ3v) is 3.09. The molecule has 0 heterocycles. The van der Waals surface area contributed by atoms with Crippen LogP contribution in [0.15, 0.2) is 22.7 Å². The van der Waals surface area contributed by atoms with Crippen LogP contribution in [0.5, 0.6) is 5.75 Å². The molecular formula is C15H20BrNO. The van der Waals surface area contributed by atoms with Crippen LogP contribution in [0.1, 0.15) is 31.7 Å². The fourth-order valence-corrected chi connectivity index (χ4v) is 2.08. The van der Waals surface area contributed by atoms with Crippen LogP contribution in [0, 0.1) is 12.3 Å². The normalized spacial score (nSPS) is 10.1. The summed E-state index contributed by atoms with van der Waals surface area (Å²) in [7, 11) is 0. The predicted molar refractivity (Wildman–Crippen MR) is 79.7 cm³/mol. The van der Waals surface area contributed by atoms with Crippen molar-refractivity contribution in [2.75, 3.05) is 13.2 Å². The Labute approximate surface area is 118 Å². The number of halogens is 1. The summed E-state index contributed by atoms with van der Waals surface area (Å²) < 4.78 is 6.66. The Morgan fingerprint density at radius 1 is 1.44 bits per heavy atom. The first-order chi connectivity index (χ1) is 8.77. The zero-order valence-corrected chi connectivity index (χ0v) is 12.4. The SMILES string of the molecule is C#CCCCOc1ccc(CNCCC)cc1Br. The lowest BCUT2D eigenvalue weighted by Gasteiger charge is -2.09. The van der Waals surface area contributed by atoms with Gasteiger partial charge in [0.2, 0.25) is 0 Å². The molecule has 0 amide bonds. The highest BCUT2D eigenvalue weighted by atomic mass is 79.9.